The summed E-state index contributed by atoms with van der Waals surface area (Å²) in [5.74, 6) is -0.208. The smallest absolute Gasteiger partial charge is 0.294 e. The molecule has 124 valence electrons. The van der Waals surface area contributed by atoms with Gasteiger partial charge in [-0.3, -0.25) is 4.79 Å². The Kier molecular flexibility index (Phi) is 3.64. The zero-order valence-electron chi connectivity index (χ0n) is 13.3. The first-order valence-corrected chi connectivity index (χ1v) is 8.03. The number of amides is 1. The number of anilines is 2. The van der Waals surface area contributed by atoms with Gasteiger partial charge in [-0.2, -0.15) is 0 Å². The summed E-state index contributed by atoms with van der Waals surface area (Å²) in [5.41, 5.74) is 3.44. The number of aromatic nitrogens is 3. The molecule has 1 aliphatic rings. The molecule has 2 aromatic heterocycles. The molecule has 1 saturated heterocycles. The van der Waals surface area contributed by atoms with Crippen molar-refractivity contribution in [2.45, 2.75) is 26.2 Å². The maximum absolute atomic E-state index is 12.3. The number of rotatable bonds is 4. The largest absolute Gasteiger partial charge is 0.370 e. The quantitative estimate of drug-likeness (QED) is 0.786. The van der Waals surface area contributed by atoms with E-state index in [2.05, 4.69) is 25.7 Å². The number of benzene rings is 1. The second-order valence-corrected chi connectivity index (χ2v) is 5.78. The number of fused-ring (bicyclic) bond motifs is 1. The van der Waals surface area contributed by atoms with Crippen molar-refractivity contribution in [3.8, 4) is 0 Å². The predicted molar refractivity (Wildman–Crippen MR) is 87.1 cm³/mol. The third-order valence-corrected chi connectivity index (χ3v) is 4.23. The van der Waals surface area contributed by atoms with Gasteiger partial charge in [0.05, 0.1) is 17.1 Å². The minimum Gasteiger partial charge on any atom is -0.370 e. The van der Waals surface area contributed by atoms with Crippen LogP contribution in [0.1, 0.15) is 36.0 Å². The minimum absolute atomic E-state index is 0.167. The Morgan fingerprint density at radius 2 is 2.00 bits per heavy atom. The number of nitrogens with zero attached hydrogens (tertiary/aromatic N) is 4. The van der Waals surface area contributed by atoms with Crippen molar-refractivity contribution in [3.05, 3.63) is 29.7 Å². The summed E-state index contributed by atoms with van der Waals surface area (Å²) in [6.45, 7) is 3.93. The molecule has 0 atom stereocenters. The lowest BCUT2D eigenvalue weighted by molar-refractivity contribution is 0.0988. The normalized spacial score (nSPS) is 14.5. The molecule has 3 aromatic rings. The summed E-state index contributed by atoms with van der Waals surface area (Å²) < 4.78 is 9.96. The van der Waals surface area contributed by atoms with Gasteiger partial charge in [-0.15, -0.1) is 0 Å². The van der Waals surface area contributed by atoms with Crippen LogP contribution < -0.4 is 10.2 Å². The van der Waals surface area contributed by atoms with E-state index in [-0.39, 0.29) is 11.7 Å². The van der Waals surface area contributed by atoms with E-state index in [1.54, 1.807) is 6.07 Å². The molecule has 24 heavy (non-hydrogen) atoms. The van der Waals surface area contributed by atoms with Gasteiger partial charge in [0.15, 0.2) is 11.0 Å². The summed E-state index contributed by atoms with van der Waals surface area (Å²) in [4.78, 5) is 14.6. The number of carbonyl (C=O) groups is 1. The van der Waals surface area contributed by atoms with Crippen LogP contribution >= 0.6 is 0 Å². The molecule has 0 spiro atoms. The second kappa shape index (κ2) is 5.95. The molecule has 0 bridgehead atoms. The van der Waals surface area contributed by atoms with E-state index in [4.69, 9.17) is 9.15 Å². The highest BCUT2D eigenvalue weighted by Crippen LogP contribution is 2.32. The van der Waals surface area contributed by atoms with Crippen molar-refractivity contribution in [3.63, 3.8) is 0 Å². The second-order valence-electron chi connectivity index (χ2n) is 5.78. The summed E-state index contributed by atoms with van der Waals surface area (Å²) >= 11 is 0. The van der Waals surface area contributed by atoms with E-state index < -0.39 is 0 Å². The van der Waals surface area contributed by atoms with Crippen molar-refractivity contribution < 1.29 is 13.9 Å². The first kappa shape index (κ1) is 14.7. The van der Waals surface area contributed by atoms with Crippen LogP contribution in [0.15, 0.2) is 27.4 Å². The highest BCUT2D eigenvalue weighted by Gasteiger charge is 2.21. The molecule has 0 unspecified atom stereocenters. The van der Waals surface area contributed by atoms with Gasteiger partial charge < -0.3 is 14.7 Å². The molecule has 1 aliphatic heterocycles. The van der Waals surface area contributed by atoms with Crippen LogP contribution in [0.25, 0.3) is 11.0 Å². The lowest BCUT2D eigenvalue weighted by atomic mass is 10.2. The monoisotopic (exact) mass is 327 g/mol. The number of aryl methyl sites for hydroxylation is 1. The Labute approximate surface area is 137 Å². The molecule has 3 heterocycles. The van der Waals surface area contributed by atoms with Crippen LogP contribution in [0.5, 0.6) is 0 Å². The molecule has 0 aliphatic carbocycles. The third-order valence-electron chi connectivity index (χ3n) is 4.23. The molecular weight excluding hydrogens is 310 g/mol. The Morgan fingerprint density at radius 1 is 1.21 bits per heavy atom. The predicted octanol–water partition coefficient (Wildman–Crippen LogP) is 2.63. The van der Waals surface area contributed by atoms with E-state index in [0.29, 0.717) is 23.1 Å². The van der Waals surface area contributed by atoms with Crippen molar-refractivity contribution in [2.24, 2.45) is 0 Å². The van der Waals surface area contributed by atoms with Gasteiger partial charge in [-0.05, 0) is 41.7 Å². The van der Waals surface area contributed by atoms with Gasteiger partial charge in [0.2, 0.25) is 5.76 Å². The van der Waals surface area contributed by atoms with Crippen molar-refractivity contribution in [2.75, 3.05) is 23.3 Å². The molecule has 1 N–H and O–H groups in total. The zero-order valence-corrected chi connectivity index (χ0v) is 13.3. The lowest BCUT2D eigenvalue weighted by Gasteiger charge is -2.17. The SMILES string of the molecule is CCc1cc(C(=O)Nc2ccc(N3CCCC3)c3nonc23)on1. The average molecular weight is 327 g/mol. The summed E-state index contributed by atoms with van der Waals surface area (Å²) in [5, 5.41) is 14.6. The van der Waals surface area contributed by atoms with Crippen molar-refractivity contribution >= 4 is 28.3 Å². The molecule has 1 amide bonds. The van der Waals surface area contributed by atoms with Crippen LogP contribution in [-0.4, -0.2) is 34.5 Å². The van der Waals surface area contributed by atoms with Crippen LogP contribution in [0.4, 0.5) is 11.4 Å². The van der Waals surface area contributed by atoms with E-state index >= 15 is 0 Å². The lowest BCUT2D eigenvalue weighted by Crippen LogP contribution is -2.18. The Hall–Kier alpha value is -2.90. The Bertz CT molecular complexity index is 879. The molecule has 0 radical (unpaired) electrons. The number of hydrogen-bond acceptors (Lipinski definition) is 7. The van der Waals surface area contributed by atoms with Gasteiger partial charge in [0.1, 0.15) is 0 Å². The van der Waals surface area contributed by atoms with E-state index in [9.17, 15) is 4.79 Å². The van der Waals surface area contributed by atoms with Crippen LogP contribution in [0.3, 0.4) is 0 Å². The fourth-order valence-electron chi connectivity index (χ4n) is 2.94. The standard InChI is InChI=1S/C16H17N5O3/c1-2-10-9-13(23-18-10)16(22)17-11-5-6-12(21-7-3-4-8-21)15-14(11)19-24-20-15/h5-6,9H,2-4,7-8H2,1H3,(H,17,22). The number of hydrogen-bond donors (Lipinski definition) is 1. The first-order chi connectivity index (χ1) is 11.8. The van der Waals surface area contributed by atoms with Gasteiger partial charge in [-0.25, -0.2) is 4.63 Å². The zero-order chi connectivity index (χ0) is 16.5. The summed E-state index contributed by atoms with van der Waals surface area (Å²) in [7, 11) is 0. The summed E-state index contributed by atoms with van der Waals surface area (Å²) in [6, 6.07) is 5.38. The first-order valence-electron chi connectivity index (χ1n) is 8.03. The van der Waals surface area contributed by atoms with Crippen LogP contribution in [0, 0.1) is 0 Å². The average Bonchev–Trinajstić information content (AvgIpc) is 3.34. The van der Waals surface area contributed by atoms with Gasteiger partial charge >= 0.3 is 0 Å². The minimum atomic E-state index is -0.375. The van der Waals surface area contributed by atoms with Gasteiger partial charge in [0.25, 0.3) is 5.91 Å². The summed E-state index contributed by atoms with van der Waals surface area (Å²) in [6.07, 6.45) is 3.03. The molecule has 4 rings (SSSR count). The molecule has 8 nitrogen and oxygen atoms in total. The fraction of sp³-hybridized carbons (Fsp3) is 0.375. The van der Waals surface area contributed by atoms with Crippen LogP contribution in [0.2, 0.25) is 0 Å². The highest BCUT2D eigenvalue weighted by atomic mass is 16.6. The molecule has 8 heteroatoms. The molecule has 1 aromatic carbocycles. The maximum atomic E-state index is 12.3. The third kappa shape index (κ3) is 2.49. The fourth-order valence-corrected chi connectivity index (χ4v) is 2.94. The Morgan fingerprint density at radius 3 is 2.75 bits per heavy atom. The molecular formula is C16H17N5O3. The maximum Gasteiger partial charge on any atom is 0.294 e. The van der Waals surface area contributed by atoms with Crippen molar-refractivity contribution in [1.29, 1.82) is 0 Å². The number of carbonyl (C=O) groups excluding carboxylic acids is 1. The van der Waals surface area contributed by atoms with E-state index in [1.165, 1.54) is 0 Å². The van der Waals surface area contributed by atoms with E-state index in [1.807, 2.05) is 19.1 Å². The highest BCUT2D eigenvalue weighted by molar-refractivity contribution is 6.08. The Balaban J connectivity index is 1.64. The topological polar surface area (TPSA) is 97.3 Å². The van der Waals surface area contributed by atoms with Crippen molar-refractivity contribution in [1.82, 2.24) is 15.5 Å². The van der Waals surface area contributed by atoms with Gasteiger partial charge in [0, 0.05) is 19.2 Å². The van der Waals surface area contributed by atoms with E-state index in [0.717, 1.165) is 37.3 Å². The van der Waals surface area contributed by atoms with Crippen LogP contribution in [-0.2, 0) is 6.42 Å². The number of nitrogens with one attached hydrogen (secondary N) is 1. The van der Waals surface area contributed by atoms with Gasteiger partial charge in [-0.1, -0.05) is 12.1 Å². The molecule has 1 fully saturated rings. The molecule has 0 saturated carbocycles.